The van der Waals surface area contributed by atoms with E-state index in [1.165, 1.54) is 0 Å². The van der Waals surface area contributed by atoms with Crippen LogP contribution in [-0.4, -0.2) is 48.9 Å². The van der Waals surface area contributed by atoms with Gasteiger partial charge in [0.25, 0.3) is 0 Å². The van der Waals surface area contributed by atoms with E-state index < -0.39 is 11.9 Å². The van der Waals surface area contributed by atoms with Crippen molar-refractivity contribution in [2.45, 2.75) is 18.9 Å². The van der Waals surface area contributed by atoms with E-state index >= 15 is 0 Å². The first kappa shape index (κ1) is 12.3. The molecular weight excluding hydrogens is 218 g/mol. The van der Waals surface area contributed by atoms with Gasteiger partial charge in [-0.05, 0) is 33.0 Å². The fourth-order valence-corrected chi connectivity index (χ4v) is 1.60. The average molecular weight is 234 g/mol. The molecule has 1 aliphatic rings. The number of rotatable bonds is 2. The molecule has 1 heterocycles. The molecule has 0 bridgehead atoms. The number of nitrogens with one attached hydrogen (secondary N) is 2. The number of urea groups is 1. The molecule has 0 aromatic heterocycles. The fourth-order valence-electron chi connectivity index (χ4n) is 1.53. The standard InChI is InChI=1S/C9H16ClN3O2/c1-13-4-2-7(3-5-13)11-9(15)12-8(14)6-10/h7H,2-6H2,1H3,(H2,11,12,14,15). The summed E-state index contributed by atoms with van der Waals surface area (Å²) < 4.78 is 0. The van der Waals surface area contributed by atoms with Gasteiger partial charge in [0.2, 0.25) is 5.91 Å². The molecule has 3 amide bonds. The molecule has 0 saturated carbocycles. The monoisotopic (exact) mass is 233 g/mol. The van der Waals surface area contributed by atoms with Crippen molar-refractivity contribution in [3.05, 3.63) is 0 Å². The molecule has 6 heteroatoms. The first-order valence-corrected chi connectivity index (χ1v) is 5.50. The minimum absolute atomic E-state index is 0.157. The Morgan fingerprint density at radius 1 is 1.40 bits per heavy atom. The molecule has 0 unspecified atom stereocenters. The molecule has 0 aliphatic carbocycles. The van der Waals surface area contributed by atoms with E-state index in [0.29, 0.717) is 0 Å². The van der Waals surface area contributed by atoms with Gasteiger partial charge in [0.1, 0.15) is 5.88 Å². The molecule has 5 nitrogen and oxygen atoms in total. The zero-order chi connectivity index (χ0) is 11.3. The second-order valence-electron chi connectivity index (χ2n) is 3.73. The van der Waals surface area contributed by atoms with Gasteiger partial charge < -0.3 is 10.2 Å². The highest BCUT2D eigenvalue weighted by molar-refractivity contribution is 6.28. The van der Waals surface area contributed by atoms with E-state index in [9.17, 15) is 9.59 Å². The summed E-state index contributed by atoms with van der Waals surface area (Å²) in [6.45, 7) is 1.93. The predicted octanol–water partition coefficient (Wildman–Crippen LogP) is 0.145. The highest BCUT2D eigenvalue weighted by Crippen LogP contribution is 2.07. The van der Waals surface area contributed by atoms with Gasteiger partial charge in [-0.15, -0.1) is 11.6 Å². The maximum atomic E-state index is 11.2. The predicted molar refractivity (Wildman–Crippen MR) is 57.9 cm³/mol. The van der Waals surface area contributed by atoms with Crippen LogP contribution in [0.5, 0.6) is 0 Å². The van der Waals surface area contributed by atoms with Crippen LogP contribution in [0.1, 0.15) is 12.8 Å². The lowest BCUT2D eigenvalue weighted by Gasteiger charge is -2.29. The molecule has 15 heavy (non-hydrogen) atoms. The largest absolute Gasteiger partial charge is 0.335 e. The Morgan fingerprint density at radius 2 is 2.00 bits per heavy atom. The number of hydrogen-bond donors (Lipinski definition) is 2. The van der Waals surface area contributed by atoms with E-state index in [1.807, 2.05) is 7.05 Å². The normalized spacial score (nSPS) is 18.5. The van der Waals surface area contributed by atoms with Crippen LogP contribution < -0.4 is 10.6 Å². The van der Waals surface area contributed by atoms with Crippen LogP contribution in [0.4, 0.5) is 4.79 Å². The molecule has 2 N–H and O–H groups in total. The SMILES string of the molecule is CN1CCC(NC(=O)NC(=O)CCl)CC1. The Bertz CT molecular complexity index is 240. The third kappa shape index (κ3) is 4.48. The number of halogens is 1. The van der Waals surface area contributed by atoms with Gasteiger partial charge in [0, 0.05) is 6.04 Å². The summed E-state index contributed by atoms with van der Waals surface area (Å²) in [5, 5.41) is 4.90. The maximum absolute atomic E-state index is 11.2. The van der Waals surface area contributed by atoms with Gasteiger partial charge in [-0.1, -0.05) is 0 Å². The molecule has 0 spiro atoms. The minimum Gasteiger partial charge on any atom is -0.335 e. The van der Waals surface area contributed by atoms with Crippen LogP contribution in [-0.2, 0) is 4.79 Å². The number of hydrogen-bond acceptors (Lipinski definition) is 3. The van der Waals surface area contributed by atoms with Crippen LogP contribution in [0, 0.1) is 0 Å². The summed E-state index contributed by atoms with van der Waals surface area (Å²) in [7, 11) is 2.05. The molecule has 1 rings (SSSR count). The summed E-state index contributed by atoms with van der Waals surface area (Å²) in [6.07, 6.45) is 1.83. The summed E-state index contributed by atoms with van der Waals surface area (Å²) in [5.41, 5.74) is 0. The quantitative estimate of drug-likeness (QED) is 0.668. The number of alkyl halides is 1. The Morgan fingerprint density at radius 3 is 2.53 bits per heavy atom. The van der Waals surface area contributed by atoms with Crippen LogP contribution in [0.15, 0.2) is 0 Å². The molecule has 0 aromatic carbocycles. The van der Waals surface area contributed by atoms with E-state index in [0.717, 1.165) is 25.9 Å². The van der Waals surface area contributed by atoms with E-state index in [-0.39, 0.29) is 11.9 Å². The first-order chi connectivity index (χ1) is 7.11. The summed E-state index contributed by atoms with van der Waals surface area (Å²) >= 11 is 5.26. The van der Waals surface area contributed by atoms with Gasteiger partial charge in [-0.2, -0.15) is 0 Å². The highest BCUT2D eigenvalue weighted by atomic mass is 35.5. The van der Waals surface area contributed by atoms with Crippen molar-refractivity contribution < 1.29 is 9.59 Å². The molecule has 1 aliphatic heterocycles. The van der Waals surface area contributed by atoms with E-state index in [4.69, 9.17) is 11.6 Å². The molecule has 1 saturated heterocycles. The molecular formula is C9H16ClN3O2. The zero-order valence-corrected chi connectivity index (χ0v) is 9.51. The van der Waals surface area contributed by atoms with Crippen LogP contribution in [0.25, 0.3) is 0 Å². The second-order valence-corrected chi connectivity index (χ2v) is 4.00. The third-order valence-corrected chi connectivity index (χ3v) is 2.67. The molecule has 0 aromatic rings. The maximum Gasteiger partial charge on any atom is 0.321 e. The topological polar surface area (TPSA) is 61.4 Å². The number of likely N-dealkylation sites (tertiary alicyclic amines) is 1. The van der Waals surface area contributed by atoms with Crippen molar-refractivity contribution in [3.63, 3.8) is 0 Å². The Labute approximate surface area is 94.1 Å². The Hall–Kier alpha value is -0.810. The summed E-state index contributed by atoms with van der Waals surface area (Å²) in [4.78, 5) is 24.3. The zero-order valence-electron chi connectivity index (χ0n) is 8.75. The van der Waals surface area contributed by atoms with Crippen LogP contribution in [0.3, 0.4) is 0 Å². The van der Waals surface area contributed by atoms with Crippen molar-refractivity contribution in [3.8, 4) is 0 Å². The lowest BCUT2D eigenvalue weighted by molar-refractivity contribution is -0.117. The smallest absolute Gasteiger partial charge is 0.321 e. The lowest BCUT2D eigenvalue weighted by atomic mass is 10.1. The van der Waals surface area contributed by atoms with E-state index in [1.54, 1.807) is 0 Å². The number of imide groups is 1. The van der Waals surface area contributed by atoms with Crippen molar-refractivity contribution in [2.24, 2.45) is 0 Å². The molecule has 0 radical (unpaired) electrons. The van der Waals surface area contributed by atoms with Crippen molar-refractivity contribution in [2.75, 3.05) is 26.0 Å². The molecule has 86 valence electrons. The van der Waals surface area contributed by atoms with Crippen LogP contribution >= 0.6 is 11.6 Å². The van der Waals surface area contributed by atoms with Gasteiger partial charge in [-0.3, -0.25) is 10.1 Å². The van der Waals surface area contributed by atoms with Gasteiger partial charge in [0.05, 0.1) is 0 Å². The van der Waals surface area contributed by atoms with Crippen molar-refractivity contribution in [1.29, 1.82) is 0 Å². The summed E-state index contributed by atoms with van der Waals surface area (Å²) in [6, 6.07) is -0.292. The van der Waals surface area contributed by atoms with Crippen molar-refractivity contribution in [1.82, 2.24) is 15.5 Å². The number of nitrogens with zero attached hydrogens (tertiary/aromatic N) is 1. The van der Waals surface area contributed by atoms with Gasteiger partial charge >= 0.3 is 6.03 Å². The average Bonchev–Trinajstić information content (AvgIpc) is 2.21. The highest BCUT2D eigenvalue weighted by Gasteiger charge is 2.18. The number of piperidine rings is 1. The molecule has 1 fully saturated rings. The number of amides is 3. The Balaban J connectivity index is 2.23. The Kier molecular flexibility index (Phi) is 4.84. The fraction of sp³-hybridized carbons (Fsp3) is 0.778. The van der Waals surface area contributed by atoms with Crippen molar-refractivity contribution >= 4 is 23.5 Å². The van der Waals surface area contributed by atoms with Gasteiger partial charge in [0.15, 0.2) is 0 Å². The number of carbonyl (C=O) groups is 2. The number of carbonyl (C=O) groups excluding carboxylic acids is 2. The molecule has 0 atom stereocenters. The van der Waals surface area contributed by atoms with Crippen LogP contribution in [0.2, 0.25) is 0 Å². The van der Waals surface area contributed by atoms with Gasteiger partial charge in [-0.25, -0.2) is 4.79 Å². The second kappa shape index (κ2) is 5.92. The minimum atomic E-state index is -0.470. The third-order valence-electron chi connectivity index (χ3n) is 2.43. The van der Waals surface area contributed by atoms with E-state index in [2.05, 4.69) is 15.5 Å². The first-order valence-electron chi connectivity index (χ1n) is 4.96. The summed E-state index contributed by atoms with van der Waals surface area (Å²) in [5.74, 6) is -0.664. The lowest BCUT2D eigenvalue weighted by Crippen LogP contribution is -2.48.